The van der Waals surface area contributed by atoms with Gasteiger partial charge >= 0.3 is 5.92 Å². The highest BCUT2D eigenvalue weighted by Crippen LogP contribution is 2.59. The molecule has 1 saturated carbocycles. The summed E-state index contributed by atoms with van der Waals surface area (Å²) in [6.07, 6.45) is 5.52. The van der Waals surface area contributed by atoms with Crippen molar-refractivity contribution in [2.75, 3.05) is 27.5 Å². The number of alkyl halides is 3. The highest BCUT2D eigenvalue weighted by atomic mass is 19.3. The van der Waals surface area contributed by atoms with E-state index >= 15 is 0 Å². The summed E-state index contributed by atoms with van der Waals surface area (Å²) in [4.78, 5) is 0. The van der Waals surface area contributed by atoms with Crippen LogP contribution in [0.1, 0.15) is 12.8 Å². The molecule has 2 aliphatic carbocycles. The number of hydrogen-bond acceptors (Lipinski definition) is 3. The molecule has 0 N–H and O–H groups in total. The third kappa shape index (κ3) is 1.47. The molecule has 3 nitrogen and oxygen atoms in total. The quantitative estimate of drug-likeness (QED) is 0.745. The maximum absolute atomic E-state index is 14.9. The van der Waals surface area contributed by atoms with Gasteiger partial charge in [-0.1, -0.05) is 12.2 Å². The lowest BCUT2D eigenvalue weighted by molar-refractivity contribution is -0.317. The molecule has 0 aromatic heterocycles. The van der Waals surface area contributed by atoms with Gasteiger partial charge in [-0.15, -0.1) is 0 Å². The molecule has 0 radical (unpaired) electrons. The third-order valence-electron chi connectivity index (χ3n) is 5.28. The summed E-state index contributed by atoms with van der Waals surface area (Å²) < 4.78 is 58.1. The summed E-state index contributed by atoms with van der Waals surface area (Å²) in [6.45, 7) is -1.76. The minimum absolute atomic E-state index is 0.0432. The van der Waals surface area contributed by atoms with Gasteiger partial charge < -0.3 is 14.2 Å². The molecule has 1 aliphatic heterocycles. The Kier molecular flexibility index (Phi) is 3.19. The molecule has 2 fully saturated rings. The standard InChI is InChI=1S/C14H19F3O3/c1-18-12(11-6-9-3-4-10(11)5-9)8-20-13(7-15,19-2)14(12,16)17/h3-4,9-11H,5-8H2,1-2H3. The van der Waals surface area contributed by atoms with Crippen LogP contribution in [0.15, 0.2) is 12.2 Å². The normalized spacial score (nSPS) is 49.1. The molecule has 5 atom stereocenters. The summed E-state index contributed by atoms with van der Waals surface area (Å²) in [5.41, 5.74) is -1.82. The van der Waals surface area contributed by atoms with Crippen molar-refractivity contribution in [2.24, 2.45) is 17.8 Å². The zero-order valence-electron chi connectivity index (χ0n) is 11.6. The Balaban J connectivity index is 2.00. The molecular weight excluding hydrogens is 273 g/mol. The van der Waals surface area contributed by atoms with E-state index in [0.29, 0.717) is 12.3 Å². The van der Waals surface area contributed by atoms with E-state index in [4.69, 9.17) is 14.2 Å². The van der Waals surface area contributed by atoms with Crippen molar-refractivity contribution >= 4 is 0 Å². The fourth-order valence-electron chi connectivity index (χ4n) is 4.09. The Hall–Kier alpha value is -0.590. The number of ether oxygens (including phenoxy) is 3. The average molecular weight is 292 g/mol. The van der Waals surface area contributed by atoms with Crippen molar-refractivity contribution in [2.45, 2.75) is 30.2 Å². The summed E-state index contributed by atoms with van der Waals surface area (Å²) in [6, 6.07) is 0. The van der Waals surface area contributed by atoms with Crippen LogP contribution < -0.4 is 0 Å². The van der Waals surface area contributed by atoms with Crippen LogP contribution in [0.4, 0.5) is 13.2 Å². The summed E-state index contributed by atoms with van der Waals surface area (Å²) in [5.74, 6) is -6.09. The van der Waals surface area contributed by atoms with E-state index in [1.165, 1.54) is 7.11 Å². The predicted octanol–water partition coefficient (Wildman–Crippen LogP) is 2.56. The third-order valence-corrected chi connectivity index (χ3v) is 5.28. The smallest absolute Gasteiger partial charge is 0.334 e. The van der Waals surface area contributed by atoms with Gasteiger partial charge in [-0.2, -0.15) is 8.78 Å². The first kappa shape index (κ1) is 14.4. The molecule has 1 saturated heterocycles. The Morgan fingerprint density at radius 2 is 1.95 bits per heavy atom. The van der Waals surface area contributed by atoms with Crippen LogP contribution in [0.2, 0.25) is 0 Å². The molecule has 0 aromatic carbocycles. The number of methoxy groups -OCH3 is 2. The SMILES string of the molecule is COC1(CF)OCC(OC)(C2CC3C=CC2C3)C1(F)F. The largest absolute Gasteiger partial charge is 0.369 e. The lowest BCUT2D eigenvalue weighted by Crippen LogP contribution is -2.63. The Morgan fingerprint density at radius 3 is 2.35 bits per heavy atom. The second kappa shape index (κ2) is 4.45. The van der Waals surface area contributed by atoms with E-state index in [9.17, 15) is 13.2 Å². The van der Waals surface area contributed by atoms with E-state index in [2.05, 4.69) is 6.08 Å². The number of halogens is 3. The van der Waals surface area contributed by atoms with Gasteiger partial charge in [0.25, 0.3) is 5.79 Å². The molecular formula is C14H19F3O3. The number of allylic oxidation sites excluding steroid dienone is 2. The summed E-state index contributed by atoms with van der Waals surface area (Å²) in [7, 11) is 2.29. The second-order valence-electron chi connectivity index (χ2n) is 5.93. The van der Waals surface area contributed by atoms with Crippen LogP contribution in [-0.2, 0) is 14.2 Å². The predicted molar refractivity (Wildman–Crippen MR) is 65.2 cm³/mol. The van der Waals surface area contributed by atoms with Crippen LogP contribution in [0, 0.1) is 17.8 Å². The molecule has 20 heavy (non-hydrogen) atoms. The first-order valence-corrected chi connectivity index (χ1v) is 6.82. The van der Waals surface area contributed by atoms with E-state index in [1.807, 2.05) is 6.08 Å². The van der Waals surface area contributed by atoms with Crippen molar-refractivity contribution in [1.29, 1.82) is 0 Å². The topological polar surface area (TPSA) is 27.7 Å². The molecule has 0 spiro atoms. The van der Waals surface area contributed by atoms with E-state index in [1.54, 1.807) is 0 Å². The van der Waals surface area contributed by atoms with E-state index < -0.39 is 24.0 Å². The van der Waals surface area contributed by atoms with Crippen LogP contribution in [0.3, 0.4) is 0 Å². The van der Waals surface area contributed by atoms with Crippen LogP contribution in [0.25, 0.3) is 0 Å². The molecule has 6 heteroatoms. The first-order valence-electron chi connectivity index (χ1n) is 6.82. The zero-order chi connectivity index (χ0) is 14.6. The van der Waals surface area contributed by atoms with Crippen molar-refractivity contribution in [1.82, 2.24) is 0 Å². The van der Waals surface area contributed by atoms with Gasteiger partial charge in [0.05, 0.1) is 6.61 Å². The highest BCUT2D eigenvalue weighted by Gasteiger charge is 2.77. The lowest BCUT2D eigenvalue weighted by atomic mass is 9.74. The van der Waals surface area contributed by atoms with Gasteiger partial charge in [0.15, 0.2) is 5.60 Å². The van der Waals surface area contributed by atoms with Crippen molar-refractivity contribution in [3.63, 3.8) is 0 Å². The Bertz CT molecular complexity index is 422. The van der Waals surface area contributed by atoms with Crippen LogP contribution in [0.5, 0.6) is 0 Å². The van der Waals surface area contributed by atoms with E-state index in [-0.39, 0.29) is 18.4 Å². The van der Waals surface area contributed by atoms with Gasteiger partial charge in [0.2, 0.25) is 0 Å². The van der Waals surface area contributed by atoms with Crippen molar-refractivity contribution in [3.05, 3.63) is 12.2 Å². The minimum Gasteiger partial charge on any atom is -0.369 e. The summed E-state index contributed by atoms with van der Waals surface area (Å²) in [5, 5.41) is 0. The van der Waals surface area contributed by atoms with Gasteiger partial charge in [0.1, 0.15) is 6.67 Å². The second-order valence-corrected chi connectivity index (χ2v) is 5.93. The molecule has 0 aromatic rings. The van der Waals surface area contributed by atoms with Gasteiger partial charge in [-0.3, -0.25) is 0 Å². The molecule has 5 unspecified atom stereocenters. The number of hydrogen-bond donors (Lipinski definition) is 0. The zero-order valence-corrected chi connectivity index (χ0v) is 11.6. The molecule has 1 heterocycles. The molecule has 2 bridgehead atoms. The fraction of sp³-hybridized carbons (Fsp3) is 0.857. The monoisotopic (exact) mass is 292 g/mol. The first-order chi connectivity index (χ1) is 9.46. The van der Waals surface area contributed by atoms with Crippen LogP contribution >= 0.6 is 0 Å². The fourth-order valence-corrected chi connectivity index (χ4v) is 4.09. The molecule has 114 valence electrons. The molecule has 3 aliphatic rings. The number of rotatable bonds is 4. The average Bonchev–Trinajstić information content (AvgIpc) is 3.11. The minimum atomic E-state index is -3.54. The van der Waals surface area contributed by atoms with Crippen LogP contribution in [-0.4, -0.2) is 44.8 Å². The number of fused-ring (bicyclic) bond motifs is 2. The lowest BCUT2D eigenvalue weighted by Gasteiger charge is -2.42. The molecule has 3 rings (SSSR count). The maximum Gasteiger partial charge on any atom is 0.334 e. The Labute approximate surface area is 116 Å². The van der Waals surface area contributed by atoms with Crippen molar-refractivity contribution < 1.29 is 27.4 Å². The molecule has 0 amide bonds. The summed E-state index contributed by atoms with van der Waals surface area (Å²) >= 11 is 0. The van der Waals surface area contributed by atoms with Gasteiger partial charge in [-0.25, -0.2) is 4.39 Å². The highest BCUT2D eigenvalue weighted by molar-refractivity contribution is 5.21. The van der Waals surface area contributed by atoms with Gasteiger partial charge in [0, 0.05) is 20.1 Å². The maximum atomic E-state index is 14.9. The van der Waals surface area contributed by atoms with E-state index in [0.717, 1.165) is 13.5 Å². The van der Waals surface area contributed by atoms with Crippen molar-refractivity contribution in [3.8, 4) is 0 Å². The Morgan fingerprint density at radius 1 is 1.20 bits per heavy atom. The van der Waals surface area contributed by atoms with Gasteiger partial charge in [-0.05, 0) is 24.7 Å².